The number of nitrogens with one attached hydrogen (secondary N) is 2. The van der Waals surface area contributed by atoms with Gasteiger partial charge in [-0.3, -0.25) is 9.59 Å². The summed E-state index contributed by atoms with van der Waals surface area (Å²) in [7, 11) is 0. The maximum absolute atomic E-state index is 12.0. The molecule has 0 radical (unpaired) electrons. The Kier molecular flexibility index (Phi) is 5.39. The van der Waals surface area contributed by atoms with Crippen molar-refractivity contribution in [3.8, 4) is 0 Å². The van der Waals surface area contributed by atoms with E-state index in [9.17, 15) is 9.59 Å². The molecule has 0 unspecified atom stereocenters. The summed E-state index contributed by atoms with van der Waals surface area (Å²) in [5, 5.41) is 5.53. The monoisotopic (exact) mass is 352 g/mol. The molecule has 0 saturated heterocycles. The molecule has 1 saturated carbocycles. The molecule has 0 aliphatic heterocycles. The Hall–Kier alpha value is -1.36. The minimum Gasteiger partial charge on any atom is -0.345 e. The van der Waals surface area contributed by atoms with E-state index in [1.54, 1.807) is 6.07 Å². The van der Waals surface area contributed by atoms with Gasteiger partial charge in [-0.1, -0.05) is 35.7 Å². The van der Waals surface area contributed by atoms with Crippen LogP contribution in [0.3, 0.4) is 0 Å². The molecule has 0 aromatic heterocycles. The van der Waals surface area contributed by atoms with Crippen LogP contribution in [0.5, 0.6) is 0 Å². The van der Waals surface area contributed by atoms with E-state index >= 15 is 0 Å². The molecule has 0 heterocycles. The lowest BCUT2D eigenvalue weighted by Crippen LogP contribution is -2.45. The fraction of sp³-hybridized carbons (Fsp3) is 0.500. The van der Waals surface area contributed by atoms with Crippen LogP contribution in [0, 0.1) is 12.8 Å². The average Bonchev–Trinajstić information content (AvgIpc) is 2.44. The molecule has 0 bridgehead atoms. The van der Waals surface area contributed by atoms with Crippen LogP contribution in [0.25, 0.3) is 0 Å². The van der Waals surface area contributed by atoms with Crippen LogP contribution in [0.2, 0.25) is 0 Å². The maximum atomic E-state index is 12.0. The van der Waals surface area contributed by atoms with Gasteiger partial charge in [0.25, 0.3) is 0 Å². The number of hydrogen-bond acceptors (Lipinski definition) is 2. The fourth-order valence-electron chi connectivity index (χ4n) is 2.71. The van der Waals surface area contributed by atoms with E-state index in [0.717, 1.165) is 29.3 Å². The predicted molar refractivity (Wildman–Crippen MR) is 87.1 cm³/mol. The quantitative estimate of drug-likeness (QED) is 0.801. The SMILES string of the molecule is Cc1cc(Br)ccc1NC(=O)C(=O)N[C@@H]1CCCC[C@H]1C. The molecule has 5 heteroatoms. The van der Waals surface area contributed by atoms with Gasteiger partial charge < -0.3 is 10.6 Å². The normalized spacial score (nSPS) is 21.7. The van der Waals surface area contributed by atoms with E-state index in [1.165, 1.54) is 6.42 Å². The highest BCUT2D eigenvalue weighted by atomic mass is 79.9. The fourth-order valence-corrected chi connectivity index (χ4v) is 3.19. The van der Waals surface area contributed by atoms with E-state index in [2.05, 4.69) is 33.5 Å². The van der Waals surface area contributed by atoms with Crippen LogP contribution in [0.15, 0.2) is 22.7 Å². The number of hydrogen-bond donors (Lipinski definition) is 2. The third-order valence-corrected chi connectivity index (χ3v) is 4.56. The number of rotatable bonds is 2. The molecule has 1 aliphatic carbocycles. The summed E-state index contributed by atoms with van der Waals surface area (Å²) in [4.78, 5) is 24.0. The summed E-state index contributed by atoms with van der Waals surface area (Å²) < 4.78 is 0.943. The lowest BCUT2D eigenvalue weighted by atomic mass is 9.86. The van der Waals surface area contributed by atoms with Gasteiger partial charge in [0, 0.05) is 16.2 Å². The summed E-state index contributed by atoms with van der Waals surface area (Å²) >= 11 is 3.37. The number of benzene rings is 1. The van der Waals surface area contributed by atoms with Crippen molar-refractivity contribution in [3.05, 3.63) is 28.2 Å². The zero-order valence-corrected chi connectivity index (χ0v) is 14.0. The van der Waals surface area contributed by atoms with Crippen molar-refractivity contribution in [1.82, 2.24) is 5.32 Å². The maximum Gasteiger partial charge on any atom is 0.313 e. The smallest absolute Gasteiger partial charge is 0.313 e. The van der Waals surface area contributed by atoms with Gasteiger partial charge >= 0.3 is 11.8 Å². The summed E-state index contributed by atoms with van der Waals surface area (Å²) in [5.74, 6) is -0.709. The topological polar surface area (TPSA) is 58.2 Å². The van der Waals surface area contributed by atoms with Crippen molar-refractivity contribution >= 4 is 33.4 Å². The number of anilines is 1. The highest BCUT2D eigenvalue weighted by molar-refractivity contribution is 9.10. The van der Waals surface area contributed by atoms with Gasteiger partial charge in [0.1, 0.15) is 0 Å². The second-order valence-electron chi connectivity index (χ2n) is 5.76. The number of amides is 2. The molecule has 2 atom stereocenters. The number of carbonyl (C=O) groups excluding carboxylic acids is 2. The molecule has 4 nitrogen and oxygen atoms in total. The first-order chi connectivity index (χ1) is 9.97. The standard InChI is InChI=1S/C16H21BrN2O2/c1-10-5-3-4-6-13(10)18-15(20)16(21)19-14-8-7-12(17)9-11(14)2/h7-10,13H,3-6H2,1-2H3,(H,18,20)(H,19,21)/t10-,13-/m1/s1. The molecule has 21 heavy (non-hydrogen) atoms. The average molecular weight is 353 g/mol. The van der Waals surface area contributed by atoms with E-state index in [4.69, 9.17) is 0 Å². The Morgan fingerprint density at radius 3 is 2.57 bits per heavy atom. The van der Waals surface area contributed by atoms with E-state index in [1.807, 2.05) is 19.1 Å². The van der Waals surface area contributed by atoms with Crippen LogP contribution in [0.4, 0.5) is 5.69 Å². The van der Waals surface area contributed by atoms with Crippen LogP contribution >= 0.6 is 15.9 Å². The van der Waals surface area contributed by atoms with Crippen molar-refractivity contribution in [2.75, 3.05) is 5.32 Å². The summed E-state index contributed by atoms with van der Waals surface area (Å²) in [5.41, 5.74) is 1.58. The Labute approximate surface area is 133 Å². The zero-order valence-electron chi connectivity index (χ0n) is 12.4. The van der Waals surface area contributed by atoms with Crippen molar-refractivity contribution in [1.29, 1.82) is 0 Å². The molecule has 2 N–H and O–H groups in total. The summed E-state index contributed by atoms with van der Waals surface area (Å²) in [6.45, 7) is 4.02. The second kappa shape index (κ2) is 7.07. The van der Waals surface area contributed by atoms with Gasteiger partial charge in [0.05, 0.1) is 0 Å². The van der Waals surface area contributed by atoms with Gasteiger partial charge in [-0.25, -0.2) is 0 Å². The Morgan fingerprint density at radius 2 is 1.90 bits per heavy atom. The van der Waals surface area contributed by atoms with Crippen molar-refractivity contribution < 1.29 is 9.59 Å². The first-order valence-electron chi connectivity index (χ1n) is 7.35. The minimum absolute atomic E-state index is 0.114. The van der Waals surface area contributed by atoms with Gasteiger partial charge in [-0.2, -0.15) is 0 Å². The number of carbonyl (C=O) groups is 2. The third-order valence-electron chi connectivity index (χ3n) is 4.07. The third kappa shape index (κ3) is 4.30. The highest BCUT2D eigenvalue weighted by Crippen LogP contribution is 2.24. The molecule has 2 rings (SSSR count). The predicted octanol–water partition coefficient (Wildman–Crippen LogP) is 3.39. The minimum atomic E-state index is -0.599. The highest BCUT2D eigenvalue weighted by Gasteiger charge is 2.25. The molecule has 1 aliphatic rings. The van der Waals surface area contributed by atoms with Crippen molar-refractivity contribution in [2.45, 2.75) is 45.6 Å². The molecule has 2 amide bonds. The van der Waals surface area contributed by atoms with Gasteiger partial charge in [-0.15, -0.1) is 0 Å². The van der Waals surface area contributed by atoms with Crippen LogP contribution in [0.1, 0.15) is 38.2 Å². The Balaban J connectivity index is 1.94. The Bertz CT molecular complexity index is 545. The van der Waals surface area contributed by atoms with Crippen molar-refractivity contribution in [2.24, 2.45) is 5.92 Å². The van der Waals surface area contributed by atoms with Gasteiger partial charge in [0.2, 0.25) is 0 Å². The van der Waals surface area contributed by atoms with Crippen LogP contribution < -0.4 is 10.6 Å². The van der Waals surface area contributed by atoms with Crippen LogP contribution in [-0.2, 0) is 9.59 Å². The zero-order chi connectivity index (χ0) is 15.4. The number of aryl methyl sites for hydroxylation is 1. The van der Waals surface area contributed by atoms with E-state index in [-0.39, 0.29) is 6.04 Å². The first kappa shape index (κ1) is 16.0. The molecular formula is C16H21BrN2O2. The van der Waals surface area contributed by atoms with E-state index < -0.39 is 11.8 Å². The molecule has 0 spiro atoms. The molecule has 1 fully saturated rings. The lowest BCUT2D eigenvalue weighted by molar-refractivity contribution is -0.137. The Morgan fingerprint density at radius 1 is 1.19 bits per heavy atom. The van der Waals surface area contributed by atoms with E-state index in [0.29, 0.717) is 11.6 Å². The van der Waals surface area contributed by atoms with Crippen LogP contribution in [-0.4, -0.2) is 17.9 Å². The summed E-state index contributed by atoms with van der Waals surface area (Å²) in [6.07, 6.45) is 4.39. The number of halogens is 1. The molecule has 114 valence electrons. The molecule has 1 aromatic rings. The van der Waals surface area contributed by atoms with Crippen molar-refractivity contribution in [3.63, 3.8) is 0 Å². The molecule has 1 aromatic carbocycles. The summed E-state index contributed by atoms with van der Waals surface area (Å²) in [6, 6.07) is 5.64. The molecular weight excluding hydrogens is 332 g/mol. The largest absolute Gasteiger partial charge is 0.345 e. The first-order valence-corrected chi connectivity index (χ1v) is 8.14. The van der Waals surface area contributed by atoms with Gasteiger partial charge in [-0.05, 0) is 49.4 Å². The van der Waals surface area contributed by atoms with Gasteiger partial charge in [0.15, 0.2) is 0 Å². The lowest BCUT2D eigenvalue weighted by Gasteiger charge is -2.29. The second-order valence-corrected chi connectivity index (χ2v) is 6.67.